The van der Waals surface area contributed by atoms with Gasteiger partial charge in [0.1, 0.15) is 12.2 Å². The molecule has 7 nitrogen and oxygen atoms in total. The number of hydrogen-bond donors (Lipinski definition) is 3. The molecule has 128 valence electrons. The maximum atomic E-state index is 10.1. The van der Waals surface area contributed by atoms with E-state index in [9.17, 15) is 10.2 Å². The van der Waals surface area contributed by atoms with Crippen molar-refractivity contribution in [3.05, 3.63) is 24.3 Å². The lowest BCUT2D eigenvalue weighted by molar-refractivity contribution is -0.00957. The maximum Gasteiger partial charge on any atom is 0.229 e. The largest absolute Gasteiger partial charge is 0.471 e. The first-order valence-corrected chi connectivity index (χ1v) is 8.47. The SMILES string of the molecule is O[C@@H]1[C@@H](Oc2nc(N3CCNCC3)nc3ccccc23)CC[C@@H]1O. The third-order valence-electron chi connectivity index (χ3n) is 4.74. The van der Waals surface area contributed by atoms with Gasteiger partial charge in [0, 0.05) is 26.2 Å². The zero-order valence-electron chi connectivity index (χ0n) is 13.4. The normalized spacial score (nSPS) is 27.6. The van der Waals surface area contributed by atoms with E-state index in [2.05, 4.69) is 20.2 Å². The van der Waals surface area contributed by atoms with Gasteiger partial charge in [0.05, 0.1) is 17.0 Å². The van der Waals surface area contributed by atoms with Crippen molar-refractivity contribution < 1.29 is 14.9 Å². The van der Waals surface area contributed by atoms with Crippen LogP contribution in [0.1, 0.15) is 12.8 Å². The first-order valence-electron chi connectivity index (χ1n) is 8.47. The predicted molar refractivity (Wildman–Crippen MR) is 90.3 cm³/mol. The van der Waals surface area contributed by atoms with E-state index in [1.54, 1.807) is 0 Å². The minimum absolute atomic E-state index is 0.436. The fourth-order valence-electron chi connectivity index (χ4n) is 3.33. The molecule has 0 unspecified atom stereocenters. The van der Waals surface area contributed by atoms with Gasteiger partial charge in [0.25, 0.3) is 0 Å². The highest BCUT2D eigenvalue weighted by atomic mass is 16.5. The number of anilines is 1. The number of ether oxygens (including phenoxy) is 1. The number of aromatic nitrogens is 2. The van der Waals surface area contributed by atoms with Crippen LogP contribution in [0.15, 0.2) is 24.3 Å². The van der Waals surface area contributed by atoms with Crippen molar-refractivity contribution in [1.82, 2.24) is 15.3 Å². The molecule has 0 radical (unpaired) electrons. The van der Waals surface area contributed by atoms with Gasteiger partial charge < -0.3 is 25.2 Å². The predicted octanol–water partition coefficient (Wildman–Crippen LogP) is 0.302. The first-order chi connectivity index (χ1) is 11.7. The van der Waals surface area contributed by atoms with E-state index in [0.29, 0.717) is 24.7 Å². The van der Waals surface area contributed by atoms with Crippen molar-refractivity contribution in [2.75, 3.05) is 31.1 Å². The summed E-state index contributed by atoms with van der Waals surface area (Å²) in [7, 11) is 0. The van der Waals surface area contributed by atoms with E-state index < -0.39 is 18.3 Å². The molecule has 2 fully saturated rings. The molecule has 0 spiro atoms. The lowest BCUT2D eigenvalue weighted by atomic mass is 10.2. The molecule has 3 N–H and O–H groups in total. The van der Waals surface area contributed by atoms with Gasteiger partial charge in [-0.2, -0.15) is 4.98 Å². The number of benzene rings is 1. The van der Waals surface area contributed by atoms with Gasteiger partial charge in [0.2, 0.25) is 11.8 Å². The number of piperazine rings is 1. The molecule has 1 aliphatic heterocycles. The zero-order valence-corrected chi connectivity index (χ0v) is 13.4. The van der Waals surface area contributed by atoms with Crippen LogP contribution < -0.4 is 15.0 Å². The van der Waals surface area contributed by atoms with Gasteiger partial charge in [-0.05, 0) is 25.0 Å². The highest BCUT2D eigenvalue weighted by molar-refractivity contribution is 5.84. The standard InChI is InChI=1S/C17H22N4O3/c22-13-5-6-14(15(13)23)24-16-11-3-1-2-4-12(11)19-17(20-16)21-9-7-18-8-10-21/h1-4,13-15,18,22-23H,5-10H2/t13-,14-,15-/m0/s1. The summed E-state index contributed by atoms with van der Waals surface area (Å²) in [5.74, 6) is 1.13. The number of rotatable bonds is 3. The second-order valence-electron chi connectivity index (χ2n) is 6.37. The van der Waals surface area contributed by atoms with E-state index in [1.807, 2.05) is 24.3 Å². The van der Waals surface area contributed by atoms with E-state index >= 15 is 0 Å². The Morgan fingerprint density at radius 3 is 2.62 bits per heavy atom. The Labute approximate surface area is 140 Å². The summed E-state index contributed by atoms with van der Waals surface area (Å²) < 4.78 is 6.00. The van der Waals surface area contributed by atoms with Crippen molar-refractivity contribution in [3.63, 3.8) is 0 Å². The van der Waals surface area contributed by atoms with Crippen molar-refractivity contribution in [1.29, 1.82) is 0 Å². The first kappa shape index (κ1) is 15.6. The van der Waals surface area contributed by atoms with Crippen LogP contribution in [0.4, 0.5) is 5.95 Å². The van der Waals surface area contributed by atoms with Crippen LogP contribution in [0.2, 0.25) is 0 Å². The van der Waals surface area contributed by atoms with Crippen molar-refractivity contribution in [3.8, 4) is 5.88 Å². The molecule has 2 aliphatic rings. The van der Waals surface area contributed by atoms with Gasteiger partial charge in [-0.25, -0.2) is 4.98 Å². The molecule has 0 bridgehead atoms. The Morgan fingerprint density at radius 2 is 1.88 bits per heavy atom. The van der Waals surface area contributed by atoms with Gasteiger partial charge in [-0.3, -0.25) is 0 Å². The molecule has 2 aromatic rings. The molecular weight excluding hydrogens is 308 g/mol. The molecule has 1 saturated carbocycles. The molecule has 4 rings (SSSR count). The Balaban J connectivity index is 1.69. The number of hydrogen-bond acceptors (Lipinski definition) is 7. The molecule has 1 aromatic heterocycles. The maximum absolute atomic E-state index is 10.1. The molecular formula is C17H22N4O3. The minimum Gasteiger partial charge on any atom is -0.471 e. The lowest BCUT2D eigenvalue weighted by Crippen LogP contribution is -2.44. The Kier molecular flexibility index (Phi) is 4.22. The van der Waals surface area contributed by atoms with Crippen LogP contribution in [-0.4, -0.2) is 64.7 Å². The average molecular weight is 330 g/mol. The Bertz CT molecular complexity index is 720. The van der Waals surface area contributed by atoms with Crippen molar-refractivity contribution in [2.24, 2.45) is 0 Å². The Morgan fingerprint density at radius 1 is 1.08 bits per heavy atom. The van der Waals surface area contributed by atoms with Gasteiger partial charge in [-0.1, -0.05) is 12.1 Å². The summed E-state index contributed by atoms with van der Waals surface area (Å²) in [6.45, 7) is 3.50. The molecule has 1 aromatic carbocycles. The summed E-state index contributed by atoms with van der Waals surface area (Å²) in [4.78, 5) is 11.4. The third-order valence-corrected chi connectivity index (χ3v) is 4.74. The monoisotopic (exact) mass is 330 g/mol. The number of aliphatic hydroxyl groups is 2. The molecule has 3 atom stereocenters. The Hall–Kier alpha value is -1.96. The van der Waals surface area contributed by atoms with Gasteiger partial charge in [-0.15, -0.1) is 0 Å². The van der Waals surface area contributed by atoms with Gasteiger partial charge >= 0.3 is 0 Å². The highest BCUT2D eigenvalue weighted by Crippen LogP contribution is 2.30. The zero-order chi connectivity index (χ0) is 16.5. The second kappa shape index (κ2) is 6.51. The lowest BCUT2D eigenvalue weighted by Gasteiger charge is -2.28. The fourth-order valence-corrected chi connectivity index (χ4v) is 3.33. The van der Waals surface area contributed by atoms with Crippen LogP contribution in [-0.2, 0) is 0 Å². The van der Waals surface area contributed by atoms with Crippen LogP contribution in [0.5, 0.6) is 5.88 Å². The summed E-state index contributed by atoms with van der Waals surface area (Å²) in [6.07, 6.45) is -0.880. The quantitative estimate of drug-likeness (QED) is 0.746. The number of para-hydroxylation sites is 1. The molecule has 0 amide bonds. The smallest absolute Gasteiger partial charge is 0.229 e. The van der Waals surface area contributed by atoms with Crippen LogP contribution in [0, 0.1) is 0 Å². The molecule has 1 saturated heterocycles. The molecule has 24 heavy (non-hydrogen) atoms. The minimum atomic E-state index is -0.874. The van der Waals surface area contributed by atoms with E-state index in [-0.39, 0.29) is 0 Å². The van der Waals surface area contributed by atoms with E-state index in [0.717, 1.165) is 37.1 Å². The van der Waals surface area contributed by atoms with Crippen molar-refractivity contribution in [2.45, 2.75) is 31.2 Å². The van der Waals surface area contributed by atoms with Crippen LogP contribution >= 0.6 is 0 Å². The fraction of sp³-hybridized carbons (Fsp3) is 0.529. The number of fused-ring (bicyclic) bond motifs is 1. The third kappa shape index (κ3) is 2.90. The van der Waals surface area contributed by atoms with E-state index in [4.69, 9.17) is 4.74 Å². The molecule has 7 heteroatoms. The van der Waals surface area contributed by atoms with Crippen LogP contribution in [0.3, 0.4) is 0 Å². The second-order valence-corrected chi connectivity index (χ2v) is 6.37. The summed E-state index contributed by atoms with van der Waals surface area (Å²) in [5.41, 5.74) is 0.823. The van der Waals surface area contributed by atoms with Crippen LogP contribution in [0.25, 0.3) is 10.9 Å². The summed E-state index contributed by atoms with van der Waals surface area (Å²) in [6, 6.07) is 7.72. The number of nitrogens with zero attached hydrogens (tertiary/aromatic N) is 3. The highest BCUT2D eigenvalue weighted by Gasteiger charge is 2.35. The molecule has 2 heterocycles. The van der Waals surface area contributed by atoms with E-state index in [1.165, 1.54) is 0 Å². The molecule has 1 aliphatic carbocycles. The topological polar surface area (TPSA) is 90.7 Å². The summed E-state index contributed by atoms with van der Waals surface area (Å²) in [5, 5.41) is 24.0. The average Bonchev–Trinajstić information content (AvgIpc) is 2.94. The summed E-state index contributed by atoms with van der Waals surface area (Å²) >= 11 is 0. The number of aliphatic hydroxyl groups excluding tert-OH is 2. The van der Waals surface area contributed by atoms with Crippen molar-refractivity contribution >= 4 is 16.9 Å². The van der Waals surface area contributed by atoms with Gasteiger partial charge in [0.15, 0.2) is 0 Å². The number of nitrogens with one attached hydrogen (secondary N) is 1.